The molecule has 152 valence electrons. The molecule has 7 heteroatoms. The number of fused-ring (bicyclic) bond motifs is 1. The molecule has 0 unspecified atom stereocenters. The smallest absolute Gasteiger partial charge is 0.226 e. The van der Waals surface area contributed by atoms with Gasteiger partial charge < -0.3 is 14.6 Å². The van der Waals surface area contributed by atoms with Gasteiger partial charge in [-0.25, -0.2) is 4.98 Å². The monoisotopic (exact) mass is 401 g/mol. The van der Waals surface area contributed by atoms with Crippen molar-refractivity contribution in [2.45, 2.75) is 26.3 Å². The second kappa shape index (κ2) is 7.67. The average Bonchev–Trinajstić information content (AvgIpc) is 3.31. The van der Waals surface area contributed by atoms with Crippen molar-refractivity contribution in [3.05, 3.63) is 60.6 Å². The molecule has 0 spiro atoms. The van der Waals surface area contributed by atoms with Crippen LogP contribution in [0.25, 0.3) is 22.3 Å². The number of hydrogen-bond acceptors (Lipinski definition) is 4. The molecule has 1 saturated carbocycles. The molecule has 1 amide bonds. The molecule has 5 rings (SSSR count). The van der Waals surface area contributed by atoms with E-state index in [1.165, 1.54) is 0 Å². The highest BCUT2D eigenvalue weighted by Gasteiger charge is 2.33. The highest BCUT2D eigenvalue weighted by Crippen LogP contribution is 2.31. The molecule has 0 atom stereocenters. The number of imidazole rings is 1. The van der Waals surface area contributed by atoms with Gasteiger partial charge in [-0.2, -0.15) is 5.10 Å². The number of hydrogen-bond donors (Lipinski definition) is 2. The van der Waals surface area contributed by atoms with Crippen LogP contribution in [0.3, 0.4) is 0 Å². The minimum absolute atomic E-state index is 0.217. The number of carbonyl (C=O) groups excluding carboxylic acids is 1. The van der Waals surface area contributed by atoms with E-state index in [1.807, 2.05) is 60.4 Å². The fraction of sp³-hybridized carbons (Fsp3) is 0.261. The molecule has 0 radical (unpaired) electrons. The van der Waals surface area contributed by atoms with Gasteiger partial charge in [0.05, 0.1) is 23.3 Å². The summed E-state index contributed by atoms with van der Waals surface area (Å²) in [4.78, 5) is 22.2. The Hall–Kier alpha value is -3.61. The number of carbonyl (C=O) groups is 1. The van der Waals surface area contributed by atoms with Crippen molar-refractivity contribution in [3.8, 4) is 22.8 Å². The lowest BCUT2D eigenvalue weighted by Crippen LogP contribution is -2.31. The molecule has 2 heterocycles. The van der Waals surface area contributed by atoms with Crippen LogP contribution in [-0.4, -0.2) is 37.5 Å². The zero-order valence-electron chi connectivity index (χ0n) is 16.8. The second-order valence-corrected chi connectivity index (χ2v) is 7.59. The van der Waals surface area contributed by atoms with Crippen molar-refractivity contribution in [1.82, 2.24) is 25.1 Å². The van der Waals surface area contributed by atoms with Crippen molar-refractivity contribution < 1.29 is 9.53 Å². The maximum atomic E-state index is 12.4. The zero-order chi connectivity index (χ0) is 20.5. The lowest BCUT2D eigenvalue weighted by Gasteiger charge is -2.19. The molecule has 4 aromatic rings. The molecule has 2 aromatic carbocycles. The van der Waals surface area contributed by atoms with Gasteiger partial charge in [-0.1, -0.05) is 0 Å². The van der Waals surface area contributed by atoms with E-state index in [9.17, 15) is 4.79 Å². The largest absolute Gasteiger partial charge is 0.457 e. The van der Waals surface area contributed by atoms with Crippen LogP contribution in [0.5, 0.6) is 11.5 Å². The van der Waals surface area contributed by atoms with Gasteiger partial charge in [-0.3, -0.25) is 9.89 Å². The Labute approximate surface area is 174 Å². The summed E-state index contributed by atoms with van der Waals surface area (Å²) in [6, 6.07) is 15.6. The third-order valence-corrected chi connectivity index (χ3v) is 5.36. The fourth-order valence-corrected chi connectivity index (χ4v) is 3.55. The highest BCUT2D eigenvalue weighted by atomic mass is 16.5. The third kappa shape index (κ3) is 3.78. The average molecular weight is 401 g/mol. The van der Waals surface area contributed by atoms with Crippen molar-refractivity contribution >= 4 is 16.9 Å². The Morgan fingerprint density at radius 3 is 2.63 bits per heavy atom. The number of nitrogens with one attached hydrogen (secondary N) is 2. The van der Waals surface area contributed by atoms with E-state index >= 15 is 0 Å². The standard InChI is InChI=1S/C23H23N5O2/c1-2-28(23(29)16-3-4-16)14-22-25-20-10-9-18(13-21(20)26-22)30-17-7-5-15(6-8-17)19-11-12-24-27-19/h5-13,16H,2-4,14H2,1H3,(H,24,27)(H,25,26). The quantitative estimate of drug-likeness (QED) is 0.477. The molecule has 1 fully saturated rings. The Morgan fingerprint density at radius 1 is 1.13 bits per heavy atom. The summed E-state index contributed by atoms with van der Waals surface area (Å²) in [6.07, 6.45) is 3.76. The van der Waals surface area contributed by atoms with Gasteiger partial charge in [0.1, 0.15) is 17.3 Å². The summed E-state index contributed by atoms with van der Waals surface area (Å²) in [7, 11) is 0. The Kier molecular flexibility index (Phi) is 4.71. The maximum Gasteiger partial charge on any atom is 0.226 e. The van der Waals surface area contributed by atoms with Gasteiger partial charge in [0.15, 0.2) is 0 Å². The van der Waals surface area contributed by atoms with Crippen molar-refractivity contribution in [2.75, 3.05) is 6.54 Å². The molecule has 0 saturated heterocycles. The van der Waals surface area contributed by atoms with E-state index in [2.05, 4.69) is 20.2 Å². The summed E-state index contributed by atoms with van der Waals surface area (Å²) < 4.78 is 6.01. The second-order valence-electron chi connectivity index (χ2n) is 7.59. The lowest BCUT2D eigenvalue weighted by molar-refractivity contribution is -0.133. The maximum absolute atomic E-state index is 12.4. The van der Waals surface area contributed by atoms with Crippen molar-refractivity contribution in [1.29, 1.82) is 0 Å². The number of rotatable bonds is 7. The first kappa shape index (κ1) is 18.4. The summed E-state index contributed by atoms with van der Waals surface area (Å²) in [5.74, 6) is 2.73. The minimum Gasteiger partial charge on any atom is -0.457 e. The van der Waals surface area contributed by atoms with Gasteiger partial charge in [0.2, 0.25) is 5.91 Å². The van der Waals surface area contributed by atoms with Crippen LogP contribution in [0.1, 0.15) is 25.6 Å². The SMILES string of the molecule is CCN(Cc1nc2ccc(Oc3ccc(-c4ccn[nH]4)cc3)cc2[nH]1)C(=O)C1CC1. The van der Waals surface area contributed by atoms with Crippen LogP contribution < -0.4 is 4.74 Å². The van der Waals surface area contributed by atoms with E-state index in [4.69, 9.17) is 4.74 Å². The number of amides is 1. The van der Waals surface area contributed by atoms with Crippen LogP contribution in [-0.2, 0) is 11.3 Å². The summed E-state index contributed by atoms with van der Waals surface area (Å²) >= 11 is 0. The highest BCUT2D eigenvalue weighted by molar-refractivity contribution is 5.81. The van der Waals surface area contributed by atoms with E-state index in [-0.39, 0.29) is 11.8 Å². The Bertz CT molecular complexity index is 1160. The first-order valence-electron chi connectivity index (χ1n) is 10.2. The van der Waals surface area contributed by atoms with Crippen LogP contribution in [0.2, 0.25) is 0 Å². The normalized spacial score (nSPS) is 13.5. The van der Waals surface area contributed by atoms with Crippen LogP contribution in [0.15, 0.2) is 54.7 Å². The lowest BCUT2D eigenvalue weighted by atomic mass is 10.1. The van der Waals surface area contributed by atoms with Crippen LogP contribution in [0.4, 0.5) is 0 Å². The van der Waals surface area contributed by atoms with Gasteiger partial charge in [0, 0.05) is 24.7 Å². The number of H-pyrrole nitrogens is 2. The Morgan fingerprint density at radius 2 is 1.93 bits per heavy atom. The molecule has 0 aliphatic heterocycles. The number of ether oxygens (including phenoxy) is 1. The molecule has 1 aliphatic carbocycles. The summed E-state index contributed by atoms with van der Waals surface area (Å²) in [5.41, 5.74) is 3.78. The first-order chi connectivity index (χ1) is 14.7. The van der Waals surface area contributed by atoms with Crippen molar-refractivity contribution in [3.63, 3.8) is 0 Å². The summed E-state index contributed by atoms with van der Waals surface area (Å²) in [6.45, 7) is 3.20. The number of benzene rings is 2. The molecule has 30 heavy (non-hydrogen) atoms. The van der Waals surface area contributed by atoms with Gasteiger partial charge >= 0.3 is 0 Å². The fourth-order valence-electron chi connectivity index (χ4n) is 3.55. The van der Waals surface area contributed by atoms with E-state index < -0.39 is 0 Å². The molecule has 0 bridgehead atoms. The number of aromatic amines is 2. The van der Waals surface area contributed by atoms with Gasteiger partial charge in [-0.05, 0) is 67.8 Å². The van der Waals surface area contributed by atoms with E-state index in [1.54, 1.807) is 6.20 Å². The first-order valence-corrected chi connectivity index (χ1v) is 10.2. The Balaban J connectivity index is 1.30. The van der Waals surface area contributed by atoms with Gasteiger partial charge in [-0.15, -0.1) is 0 Å². The zero-order valence-corrected chi connectivity index (χ0v) is 16.8. The van der Waals surface area contributed by atoms with E-state index in [0.717, 1.165) is 52.5 Å². The molecule has 7 nitrogen and oxygen atoms in total. The predicted octanol–water partition coefficient (Wildman–Crippen LogP) is 4.50. The number of aromatic nitrogens is 4. The minimum atomic E-state index is 0.217. The molecular weight excluding hydrogens is 378 g/mol. The third-order valence-electron chi connectivity index (χ3n) is 5.36. The molecule has 2 N–H and O–H groups in total. The van der Waals surface area contributed by atoms with Crippen LogP contribution in [0, 0.1) is 5.92 Å². The number of nitrogens with zero attached hydrogens (tertiary/aromatic N) is 3. The van der Waals surface area contributed by atoms with Gasteiger partial charge in [0.25, 0.3) is 0 Å². The predicted molar refractivity (Wildman–Crippen MR) is 114 cm³/mol. The topological polar surface area (TPSA) is 86.9 Å². The molecular formula is C23H23N5O2. The van der Waals surface area contributed by atoms with Crippen molar-refractivity contribution in [2.24, 2.45) is 5.92 Å². The molecule has 1 aliphatic rings. The van der Waals surface area contributed by atoms with E-state index in [0.29, 0.717) is 13.1 Å². The summed E-state index contributed by atoms with van der Waals surface area (Å²) in [5, 5.41) is 6.93. The molecule has 2 aromatic heterocycles. The van der Waals surface area contributed by atoms with Crippen LogP contribution >= 0.6 is 0 Å².